The van der Waals surface area contributed by atoms with E-state index in [1.165, 1.54) is 0 Å². The summed E-state index contributed by atoms with van der Waals surface area (Å²) >= 11 is 0. The molecule has 3 aliphatic heterocycles. The minimum Gasteiger partial charge on any atom is -0.373 e. The van der Waals surface area contributed by atoms with Crippen LogP contribution in [-0.4, -0.2) is 61.5 Å². The number of ether oxygens (including phenoxy) is 1. The summed E-state index contributed by atoms with van der Waals surface area (Å²) in [6.07, 6.45) is 3.78. The van der Waals surface area contributed by atoms with E-state index in [4.69, 9.17) is 9.26 Å². The van der Waals surface area contributed by atoms with Crippen molar-refractivity contribution in [1.29, 1.82) is 0 Å². The summed E-state index contributed by atoms with van der Waals surface area (Å²) in [5.74, 6) is 0.321. The van der Waals surface area contributed by atoms with Crippen molar-refractivity contribution in [2.45, 2.75) is 37.4 Å². The lowest BCUT2D eigenvalue weighted by atomic mass is 9.74. The number of likely N-dealkylation sites (tertiary alicyclic amines) is 1. The first-order chi connectivity index (χ1) is 12.9. The first kappa shape index (κ1) is 17.4. The Morgan fingerprint density at radius 2 is 2.19 bits per heavy atom. The van der Waals surface area contributed by atoms with Crippen LogP contribution in [0.4, 0.5) is 0 Å². The van der Waals surface area contributed by atoms with Gasteiger partial charge in [0.1, 0.15) is 0 Å². The van der Waals surface area contributed by atoms with Gasteiger partial charge in [-0.15, -0.1) is 0 Å². The van der Waals surface area contributed by atoms with Crippen LogP contribution in [0.2, 0.25) is 0 Å². The van der Waals surface area contributed by atoms with E-state index in [2.05, 4.69) is 9.88 Å². The number of amides is 1. The Kier molecular flexibility index (Phi) is 3.83. The van der Waals surface area contributed by atoms with Gasteiger partial charge in [-0.05, 0) is 31.6 Å². The normalized spacial score (nSPS) is 35.0. The summed E-state index contributed by atoms with van der Waals surface area (Å²) in [4.78, 5) is 25.5. The second-order valence-electron chi connectivity index (χ2n) is 8.37. The summed E-state index contributed by atoms with van der Waals surface area (Å²) < 4.78 is 38.4. The van der Waals surface area contributed by atoms with E-state index in [-0.39, 0.29) is 35.4 Å². The van der Waals surface area contributed by atoms with Gasteiger partial charge in [-0.25, -0.2) is 13.1 Å². The number of aromatic amines is 1. The number of hydrogen-bond acceptors (Lipinski definition) is 6. The van der Waals surface area contributed by atoms with Crippen LogP contribution < -0.4 is 10.3 Å². The van der Waals surface area contributed by atoms with Crippen LogP contribution in [0.5, 0.6) is 0 Å². The van der Waals surface area contributed by atoms with Crippen molar-refractivity contribution in [3.05, 3.63) is 22.2 Å². The van der Waals surface area contributed by atoms with E-state index in [0.29, 0.717) is 25.6 Å². The Morgan fingerprint density at radius 1 is 1.37 bits per heavy atom. The van der Waals surface area contributed by atoms with Crippen molar-refractivity contribution in [2.75, 3.05) is 25.4 Å². The molecule has 0 radical (unpaired) electrons. The second kappa shape index (κ2) is 5.92. The van der Waals surface area contributed by atoms with Gasteiger partial charge in [0.2, 0.25) is 15.8 Å². The largest absolute Gasteiger partial charge is 0.373 e. The van der Waals surface area contributed by atoms with Gasteiger partial charge >= 0.3 is 0 Å². The SMILES string of the molecule is O=C(c1cc(=O)[nH]o1)N1C[C@@H]2[C@H](CNS(=O)(=O)CC3CC3)[C@H]3CC[C@]2(C1)O3. The van der Waals surface area contributed by atoms with Gasteiger partial charge < -0.3 is 14.2 Å². The van der Waals surface area contributed by atoms with Crippen LogP contribution in [0.15, 0.2) is 15.4 Å². The summed E-state index contributed by atoms with van der Waals surface area (Å²) in [5, 5.41) is 2.14. The fraction of sp³-hybridized carbons (Fsp3) is 0.765. The summed E-state index contributed by atoms with van der Waals surface area (Å²) in [7, 11) is -3.26. The van der Waals surface area contributed by atoms with Gasteiger partial charge in [0.05, 0.1) is 30.1 Å². The number of aromatic nitrogens is 1. The summed E-state index contributed by atoms with van der Waals surface area (Å²) in [6.45, 7) is 1.29. The predicted octanol–water partition coefficient (Wildman–Crippen LogP) is -0.0831. The number of carbonyl (C=O) groups is 1. The molecule has 0 aromatic carbocycles. The van der Waals surface area contributed by atoms with Crippen molar-refractivity contribution >= 4 is 15.9 Å². The maximum Gasteiger partial charge on any atom is 0.292 e. The molecule has 4 fully saturated rings. The molecule has 1 spiro atoms. The lowest BCUT2D eigenvalue weighted by Crippen LogP contribution is -2.42. The fourth-order valence-electron chi connectivity index (χ4n) is 5.04. The molecule has 5 rings (SSSR count). The van der Waals surface area contributed by atoms with E-state index in [9.17, 15) is 18.0 Å². The zero-order chi connectivity index (χ0) is 18.8. The summed E-state index contributed by atoms with van der Waals surface area (Å²) in [6, 6.07) is 1.15. The predicted molar refractivity (Wildman–Crippen MR) is 93.6 cm³/mol. The molecule has 1 aromatic heterocycles. The van der Waals surface area contributed by atoms with Crippen molar-refractivity contribution in [3.63, 3.8) is 0 Å². The minimum atomic E-state index is -3.26. The average Bonchev–Trinajstić information content (AvgIpc) is 3.01. The molecule has 4 atom stereocenters. The highest BCUT2D eigenvalue weighted by Crippen LogP contribution is 2.54. The highest BCUT2D eigenvalue weighted by atomic mass is 32.2. The Morgan fingerprint density at radius 3 is 2.89 bits per heavy atom. The first-order valence-electron chi connectivity index (χ1n) is 9.48. The first-order valence-corrected chi connectivity index (χ1v) is 11.1. The zero-order valence-electron chi connectivity index (χ0n) is 14.8. The van der Waals surface area contributed by atoms with Crippen LogP contribution in [0.3, 0.4) is 0 Å². The minimum absolute atomic E-state index is 0.00685. The van der Waals surface area contributed by atoms with Gasteiger partial charge in [-0.3, -0.25) is 9.59 Å². The number of rotatable bonds is 6. The molecule has 0 unspecified atom stereocenters. The van der Waals surface area contributed by atoms with Crippen LogP contribution >= 0.6 is 0 Å². The van der Waals surface area contributed by atoms with Crippen LogP contribution in [0.25, 0.3) is 0 Å². The van der Waals surface area contributed by atoms with Crippen molar-refractivity contribution < 1.29 is 22.5 Å². The standard InChI is InChI=1S/C17H23N3O6S/c21-15-5-14(26-19-15)16(22)20-7-12-11(13-3-4-17(12,9-20)25-13)6-18-27(23,24)8-10-1-2-10/h5,10-13,18H,1-4,6-9H2,(H,19,21)/t11-,12+,13+,17+/m0/s1. The molecule has 4 aliphatic rings. The Balaban J connectivity index is 1.29. The van der Waals surface area contributed by atoms with E-state index < -0.39 is 21.2 Å². The third kappa shape index (κ3) is 3.03. The monoisotopic (exact) mass is 397 g/mol. The number of carbonyl (C=O) groups excluding carboxylic acids is 1. The molecule has 148 valence electrons. The van der Waals surface area contributed by atoms with E-state index >= 15 is 0 Å². The van der Waals surface area contributed by atoms with Crippen LogP contribution in [0.1, 0.15) is 36.2 Å². The molecule has 1 amide bonds. The molecule has 1 saturated carbocycles. The van der Waals surface area contributed by atoms with Crippen molar-refractivity contribution in [3.8, 4) is 0 Å². The number of nitrogens with zero attached hydrogens (tertiary/aromatic N) is 1. The van der Waals surface area contributed by atoms with Gasteiger partial charge in [-0.1, -0.05) is 0 Å². The molecule has 4 heterocycles. The molecule has 9 nitrogen and oxygen atoms in total. The number of hydrogen-bond donors (Lipinski definition) is 2. The Labute approximate surface area is 156 Å². The molecule has 3 saturated heterocycles. The average molecular weight is 397 g/mol. The number of nitrogens with one attached hydrogen (secondary N) is 2. The maximum atomic E-state index is 12.6. The van der Waals surface area contributed by atoms with E-state index in [1.54, 1.807) is 4.90 Å². The number of fused-ring (bicyclic) bond motifs is 1. The van der Waals surface area contributed by atoms with Gasteiger partial charge in [0.15, 0.2) is 0 Å². The smallest absolute Gasteiger partial charge is 0.292 e. The van der Waals surface area contributed by atoms with E-state index in [1.807, 2.05) is 0 Å². The number of sulfonamides is 1. The van der Waals surface area contributed by atoms with Crippen LogP contribution in [-0.2, 0) is 14.8 Å². The van der Waals surface area contributed by atoms with E-state index in [0.717, 1.165) is 31.7 Å². The quantitative estimate of drug-likeness (QED) is 0.692. The molecule has 2 N–H and O–H groups in total. The molecule has 10 heteroatoms. The molecule has 1 aromatic rings. The lowest BCUT2D eigenvalue weighted by molar-refractivity contribution is 0.00285. The molecular weight excluding hydrogens is 374 g/mol. The van der Waals surface area contributed by atoms with Gasteiger partial charge in [0.25, 0.3) is 11.5 Å². The molecule has 2 bridgehead atoms. The fourth-order valence-corrected chi connectivity index (χ4v) is 6.56. The van der Waals surface area contributed by atoms with Gasteiger partial charge in [0, 0.05) is 24.9 Å². The van der Waals surface area contributed by atoms with Crippen molar-refractivity contribution in [1.82, 2.24) is 14.8 Å². The highest BCUT2D eigenvalue weighted by Gasteiger charge is 2.63. The zero-order valence-corrected chi connectivity index (χ0v) is 15.7. The third-order valence-electron chi connectivity index (χ3n) is 6.50. The maximum absolute atomic E-state index is 12.6. The summed E-state index contributed by atoms with van der Waals surface area (Å²) in [5.41, 5.74) is -0.847. The lowest BCUT2D eigenvalue weighted by Gasteiger charge is -2.29. The molecule has 1 aliphatic carbocycles. The molecule has 27 heavy (non-hydrogen) atoms. The highest BCUT2D eigenvalue weighted by molar-refractivity contribution is 7.89. The molecular formula is C17H23N3O6S. The van der Waals surface area contributed by atoms with Crippen LogP contribution in [0, 0.1) is 17.8 Å². The number of H-pyrrole nitrogens is 1. The van der Waals surface area contributed by atoms with Gasteiger partial charge in [-0.2, -0.15) is 5.16 Å². The van der Waals surface area contributed by atoms with Crippen molar-refractivity contribution in [2.24, 2.45) is 17.8 Å². The topological polar surface area (TPSA) is 122 Å². The second-order valence-corrected chi connectivity index (χ2v) is 10.2. The third-order valence-corrected chi connectivity index (χ3v) is 8.01. The Bertz CT molecular complexity index is 919. The Hall–Kier alpha value is -1.65.